The summed E-state index contributed by atoms with van der Waals surface area (Å²) in [4.78, 5) is 12.6. The van der Waals surface area contributed by atoms with Crippen LogP contribution in [0.1, 0.15) is 16.6 Å². The minimum absolute atomic E-state index is 0.0428. The van der Waals surface area contributed by atoms with E-state index in [2.05, 4.69) is 39.6 Å². The van der Waals surface area contributed by atoms with Crippen molar-refractivity contribution in [1.29, 1.82) is 0 Å². The molecule has 0 aliphatic rings. The molecule has 0 spiro atoms. The average Bonchev–Trinajstić information content (AvgIpc) is 2.85. The van der Waals surface area contributed by atoms with E-state index in [9.17, 15) is 4.79 Å². The molecule has 2 nitrogen and oxygen atoms in total. The highest BCUT2D eigenvalue weighted by atomic mass is 79.9. The maximum Gasteiger partial charge on any atom is 0.261 e. The second kappa shape index (κ2) is 5.29. The number of thiophene rings is 2. The molecule has 0 saturated heterocycles. The predicted molar refractivity (Wildman–Crippen MR) is 75.0 cm³/mol. The molecule has 2 aromatic rings. The van der Waals surface area contributed by atoms with Crippen LogP contribution in [-0.4, -0.2) is 17.8 Å². The van der Waals surface area contributed by atoms with Crippen LogP contribution in [0.15, 0.2) is 17.5 Å². The fourth-order valence-electron chi connectivity index (χ4n) is 1.29. The standard InChI is InChI=1S/C11H12BrNOS2/c1-7(5-12)6-13-11(14)10-4-9-8(16-10)2-3-15-9/h2-4,7H,5-6H2,1H3,(H,13,14). The van der Waals surface area contributed by atoms with Crippen molar-refractivity contribution in [3.8, 4) is 0 Å². The molecule has 2 aromatic heterocycles. The molecule has 1 unspecified atom stereocenters. The van der Waals surface area contributed by atoms with Crippen LogP contribution in [0.3, 0.4) is 0 Å². The van der Waals surface area contributed by atoms with Gasteiger partial charge in [-0.05, 0) is 23.4 Å². The molecule has 0 saturated carbocycles. The molecular formula is C11H12BrNOS2. The van der Waals surface area contributed by atoms with Gasteiger partial charge in [0.15, 0.2) is 0 Å². The smallest absolute Gasteiger partial charge is 0.261 e. The minimum atomic E-state index is 0.0428. The van der Waals surface area contributed by atoms with E-state index in [0.29, 0.717) is 5.92 Å². The number of carbonyl (C=O) groups is 1. The lowest BCUT2D eigenvalue weighted by Gasteiger charge is -2.07. The van der Waals surface area contributed by atoms with Crippen molar-refractivity contribution in [2.24, 2.45) is 5.92 Å². The first-order chi connectivity index (χ1) is 7.70. The summed E-state index contributed by atoms with van der Waals surface area (Å²) in [6, 6.07) is 4.03. The average molecular weight is 318 g/mol. The third-order valence-corrected chi connectivity index (χ3v) is 5.44. The predicted octanol–water partition coefficient (Wildman–Crippen LogP) is 3.72. The quantitative estimate of drug-likeness (QED) is 0.855. The Morgan fingerprint density at radius 1 is 1.56 bits per heavy atom. The topological polar surface area (TPSA) is 29.1 Å². The van der Waals surface area contributed by atoms with Gasteiger partial charge in [0.1, 0.15) is 0 Å². The molecule has 1 atom stereocenters. The number of alkyl halides is 1. The Morgan fingerprint density at radius 2 is 2.38 bits per heavy atom. The lowest BCUT2D eigenvalue weighted by molar-refractivity contribution is 0.0953. The number of hydrogen-bond acceptors (Lipinski definition) is 3. The molecule has 2 heterocycles. The molecule has 86 valence electrons. The molecule has 0 bridgehead atoms. The number of rotatable bonds is 4. The van der Waals surface area contributed by atoms with Gasteiger partial charge in [0.2, 0.25) is 0 Å². The third kappa shape index (κ3) is 2.64. The molecule has 0 aromatic carbocycles. The van der Waals surface area contributed by atoms with E-state index in [1.807, 2.05) is 6.07 Å². The molecule has 0 fully saturated rings. The SMILES string of the molecule is CC(CBr)CNC(=O)c1cc2sccc2s1. The van der Waals surface area contributed by atoms with Crippen molar-refractivity contribution in [1.82, 2.24) is 5.32 Å². The Morgan fingerprint density at radius 3 is 3.06 bits per heavy atom. The summed E-state index contributed by atoms with van der Waals surface area (Å²) in [6.07, 6.45) is 0. The van der Waals surface area contributed by atoms with Crippen LogP contribution in [0.4, 0.5) is 0 Å². The molecule has 0 aliphatic carbocycles. The molecule has 16 heavy (non-hydrogen) atoms. The maximum atomic E-state index is 11.8. The highest BCUT2D eigenvalue weighted by Crippen LogP contribution is 2.29. The van der Waals surface area contributed by atoms with Gasteiger partial charge in [-0.1, -0.05) is 22.9 Å². The summed E-state index contributed by atoms with van der Waals surface area (Å²) in [5.74, 6) is 0.506. The van der Waals surface area contributed by atoms with Gasteiger partial charge >= 0.3 is 0 Å². The van der Waals surface area contributed by atoms with Gasteiger partial charge in [0.25, 0.3) is 5.91 Å². The summed E-state index contributed by atoms with van der Waals surface area (Å²) in [5, 5.41) is 5.91. The highest BCUT2D eigenvalue weighted by molar-refractivity contribution is 9.09. The molecule has 0 radical (unpaired) electrons. The number of halogens is 1. The Kier molecular flexibility index (Phi) is 4.00. The minimum Gasteiger partial charge on any atom is -0.351 e. The number of carbonyl (C=O) groups excluding carboxylic acids is 1. The lowest BCUT2D eigenvalue weighted by Crippen LogP contribution is -2.28. The first-order valence-electron chi connectivity index (χ1n) is 5.02. The fourth-order valence-corrected chi connectivity index (χ4v) is 3.54. The largest absolute Gasteiger partial charge is 0.351 e. The van der Waals surface area contributed by atoms with Crippen molar-refractivity contribution in [3.63, 3.8) is 0 Å². The van der Waals surface area contributed by atoms with Gasteiger partial charge < -0.3 is 5.32 Å². The van der Waals surface area contributed by atoms with E-state index in [4.69, 9.17) is 0 Å². The summed E-state index contributed by atoms with van der Waals surface area (Å²) < 4.78 is 2.40. The highest BCUT2D eigenvalue weighted by Gasteiger charge is 2.11. The van der Waals surface area contributed by atoms with Gasteiger partial charge in [-0.15, -0.1) is 22.7 Å². The van der Waals surface area contributed by atoms with E-state index >= 15 is 0 Å². The van der Waals surface area contributed by atoms with Crippen LogP contribution in [-0.2, 0) is 0 Å². The Labute approximate surface area is 111 Å². The van der Waals surface area contributed by atoms with Crippen molar-refractivity contribution in [3.05, 3.63) is 22.4 Å². The zero-order chi connectivity index (χ0) is 11.5. The summed E-state index contributed by atoms with van der Waals surface area (Å²) in [5.41, 5.74) is 0. The van der Waals surface area contributed by atoms with Crippen molar-refractivity contribution < 1.29 is 4.79 Å². The monoisotopic (exact) mass is 317 g/mol. The van der Waals surface area contributed by atoms with Crippen LogP contribution in [0.2, 0.25) is 0 Å². The lowest BCUT2D eigenvalue weighted by atomic mass is 10.2. The van der Waals surface area contributed by atoms with E-state index in [1.165, 1.54) is 9.40 Å². The molecule has 1 N–H and O–H groups in total. The van der Waals surface area contributed by atoms with Crippen LogP contribution in [0.25, 0.3) is 9.40 Å². The van der Waals surface area contributed by atoms with Crippen LogP contribution in [0, 0.1) is 5.92 Å². The maximum absolute atomic E-state index is 11.8. The number of nitrogens with one attached hydrogen (secondary N) is 1. The summed E-state index contributed by atoms with van der Waals surface area (Å²) >= 11 is 6.63. The molecule has 1 amide bonds. The van der Waals surface area contributed by atoms with Crippen LogP contribution in [0.5, 0.6) is 0 Å². The zero-order valence-electron chi connectivity index (χ0n) is 8.83. The van der Waals surface area contributed by atoms with E-state index in [1.54, 1.807) is 22.7 Å². The van der Waals surface area contributed by atoms with Crippen molar-refractivity contribution in [2.75, 3.05) is 11.9 Å². The van der Waals surface area contributed by atoms with Crippen molar-refractivity contribution >= 4 is 53.9 Å². The van der Waals surface area contributed by atoms with E-state index in [-0.39, 0.29) is 5.91 Å². The van der Waals surface area contributed by atoms with Crippen LogP contribution >= 0.6 is 38.6 Å². The summed E-state index contributed by atoms with van der Waals surface area (Å²) in [7, 11) is 0. The molecule has 2 rings (SSSR count). The normalized spacial score (nSPS) is 12.9. The fraction of sp³-hybridized carbons (Fsp3) is 0.364. The van der Waals surface area contributed by atoms with Crippen LogP contribution < -0.4 is 5.32 Å². The Hall–Kier alpha value is -0.390. The van der Waals surface area contributed by atoms with Gasteiger partial charge in [0.05, 0.1) is 4.88 Å². The van der Waals surface area contributed by atoms with E-state index < -0.39 is 0 Å². The molecule has 5 heteroatoms. The zero-order valence-corrected chi connectivity index (χ0v) is 12.0. The van der Waals surface area contributed by atoms with Gasteiger partial charge in [-0.25, -0.2) is 0 Å². The molecular weight excluding hydrogens is 306 g/mol. The first-order valence-corrected chi connectivity index (χ1v) is 7.83. The molecule has 0 aliphatic heterocycles. The van der Waals surface area contributed by atoms with Gasteiger partial charge in [-0.2, -0.15) is 0 Å². The second-order valence-electron chi connectivity index (χ2n) is 3.73. The van der Waals surface area contributed by atoms with E-state index in [0.717, 1.165) is 16.8 Å². The second-order valence-corrected chi connectivity index (χ2v) is 6.41. The van der Waals surface area contributed by atoms with Gasteiger partial charge in [0, 0.05) is 21.3 Å². The first kappa shape index (κ1) is 12.1. The number of amides is 1. The Balaban J connectivity index is 2.02. The Bertz CT molecular complexity index is 462. The van der Waals surface area contributed by atoms with Crippen molar-refractivity contribution in [2.45, 2.75) is 6.92 Å². The third-order valence-electron chi connectivity index (χ3n) is 2.24. The number of fused-ring (bicyclic) bond motifs is 1. The van der Waals surface area contributed by atoms with Gasteiger partial charge in [-0.3, -0.25) is 4.79 Å². The number of hydrogen-bond donors (Lipinski definition) is 1. The summed E-state index contributed by atoms with van der Waals surface area (Å²) in [6.45, 7) is 2.82.